The molecule has 0 radical (unpaired) electrons. The quantitative estimate of drug-likeness (QED) is 0.552. The van der Waals surface area contributed by atoms with E-state index in [1.54, 1.807) is 12.1 Å². The van der Waals surface area contributed by atoms with Crippen LogP contribution in [-0.2, 0) is 25.6 Å². The summed E-state index contributed by atoms with van der Waals surface area (Å²) in [7, 11) is 0. The summed E-state index contributed by atoms with van der Waals surface area (Å²) in [6, 6.07) is 5.79. The average Bonchev–Trinajstić information content (AvgIpc) is 2.74. The van der Waals surface area contributed by atoms with Crippen LogP contribution in [0.1, 0.15) is 24.8 Å². The van der Waals surface area contributed by atoms with Gasteiger partial charge in [-0.15, -0.1) is 0 Å². The number of nitrogens with one attached hydrogen (secondary N) is 2. The first kappa shape index (κ1) is 22.6. The third-order valence-corrected chi connectivity index (χ3v) is 5.40. The fourth-order valence-corrected chi connectivity index (χ4v) is 3.79. The number of rotatable bonds is 8. The minimum Gasteiger partial charge on any atom is -0.394 e. The normalized spacial score (nSPS) is 24.9. The van der Waals surface area contributed by atoms with Gasteiger partial charge in [0.2, 0.25) is 11.8 Å². The van der Waals surface area contributed by atoms with Gasteiger partial charge in [0.15, 0.2) is 0 Å². The molecule has 2 heterocycles. The van der Waals surface area contributed by atoms with Gasteiger partial charge in [0.1, 0.15) is 11.9 Å². The van der Waals surface area contributed by atoms with E-state index >= 15 is 0 Å². The highest BCUT2D eigenvalue weighted by molar-refractivity contribution is 5.78. The Kier molecular flexibility index (Phi) is 8.56. The molecule has 2 saturated heterocycles. The van der Waals surface area contributed by atoms with E-state index in [9.17, 15) is 19.1 Å². The number of nitrogens with zero attached hydrogens (tertiary/aromatic N) is 1. The van der Waals surface area contributed by atoms with Gasteiger partial charge in [-0.2, -0.15) is 0 Å². The molecule has 9 heteroatoms. The van der Waals surface area contributed by atoms with E-state index in [4.69, 9.17) is 9.47 Å². The lowest BCUT2D eigenvalue weighted by Crippen LogP contribution is -2.53. The van der Waals surface area contributed by atoms with Crippen LogP contribution in [0.5, 0.6) is 0 Å². The fourth-order valence-electron chi connectivity index (χ4n) is 3.79. The Labute approximate surface area is 175 Å². The molecule has 2 aliphatic heterocycles. The molecule has 0 bridgehead atoms. The number of halogens is 1. The molecular formula is C21H30FN3O5. The first-order valence-electron chi connectivity index (χ1n) is 10.4. The second-order valence-electron chi connectivity index (χ2n) is 7.73. The molecule has 3 atom stereocenters. The fraction of sp³-hybridized carbons (Fsp3) is 0.619. The van der Waals surface area contributed by atoms with Crippen LogP contribution in [0.15, 0.2) is 24.3 Å². The summed E-state index contributed by atoms with van der Waals surface area (Å²) in [6.45, 7) is 3.01. The Hall–Kier alpha value is -2.07. The van der Waals surface area contributed by atoms with Gasteiger partial charge in [0.25, 0.3) is 0 Å². The van der Waals surface area contributed by atoms with Gasteiger partial charge in [0.05, 0.1) is 44.9 Å². The number of hydrogen-bond donors (Lipinski definition) is 3. The molecule has 1 aromatic rings. The molecule has 0 unspecified atom stereocenters. The van der Waals surface area contributed by atoms with Gasteiger partial charge < -0.3 is 25.2 Å². The van der Waals surface area contributed by atoms with Gasteiger partial charge in [-0.25, -0.2) is 4.39 Å². The van der Waals surface area contributed by atoms with Gasteiger partial charge in [-0.05, 0) is 30.5 Å². The van der Waals surface area contributed by atoms with Crippen molar-refractivity contribution in [3.8, 4) is 0 Å². The Bertz CT molecular complexity index is 714. The Morgan fingerprint density at radius 1 is 1.20 bits per heavy atom. The average molecular weight is 423 g/mol. The van der Waals surface area contributed by atoms with Gasteiger partial charge in [0, 0.05) is 19.6 Å². The van der Waals surface area contributed by atoms with E-state index in [1.807, 2.05) is 4.90 Å². The summed E-state index contributed by atoms with van der Waals surface area (Å²) >= 11 is 0. The first-order chi connectivity index (χ1) is 14.5. The van der Waals surface area contributed by atoms with Crippen LogP contribution in [0.3, 0.4) is 0 Å². The molecule has 166 valence electrons. The maximum absolute atomic E-state index is 13.2. The summed E-state index contributed by atoms with van der Waals surface area (Å²) in [6.07, 6.45) is 0.504. The molecule has 0 aliphatic carbocycles. The Morgan fingerprint density at radius 2 is 2.00 bits per heavy atom. The van der Waals surface area contributed by atoms with Crippen molar-refractivity contribution in [1.29, 1.82) is 0 Å². The summed E-state index contributed by atoms with van der Waals surface area (Å²) in [5, 5.41) is 15.4. The zero-order chi connectivity index (χ0) is 21.3. The monoisotopic (exact) mass is 423 g/mol. The second kappa shape index (κ2) is 11.4. The molecule has 0 saturated carbocycles. The molecule has 30 heavy (non-hydrogen) atoms. The number of amides is 2. The van der Waals surface area contributed by atoms with E-state index < -0.39 is 6.10 Å². The van der Waals surface area contributed by atoms with Crippen molar-refractivity contribution in [2.75, 3.05) is 39.5 Å². The number of aliphatic hydroxyl groups excluding tert-OH is 1. The number of carbonyl (C=O) groups is 2. The summed E-state index contributed by atoms with van der Waals surface area (Å²) in [4.78, 5) is 26.6. The molecule has 2 aliphatic rings. The molecule has 1 aromatic carbocycles. The lowest BCUT2D eigenvalue weighted by molar-refractivity contribution is -0.136. The Morgan fingerprint density at radius 3 is 2.73 bits per heavy atom. The second-order valence-corrected chi connectivity index (χ2v) is 7.73. The maximum atomic E-state index is 13.2. The molecule has 8 nitrogen and oxygen atoms in total. The number of morpholine rings is 1. The molecule has 2 fully saturated rings. The number of benzene rings is 1. The molecule has 3 N–H and O–H groups in total. The third kappa shape index (κ3) is 7.02. The van der Waals surface area contributed by atoms with Gasteiger partial charge in [-0.1, -0.05) is 12.1 Å². The summed E-state index contributed by atoms with van der Waals surface area (Å²) in [5.74, 6) is -0.643. The van der Waals surface area contributed by atoms with Crippen molar-refractivity contribution >= 4 is 11.8 Å². The smallest absolute Gasteiger partial charge is 0.234 e. The summed E-state index contributed by atoms with van der Waals surface area (Å²) < 4.78 is 24.4. The third-order valence-electron chi connectivity index (χ3n) is 5.40. The Balaban J connectivity index is 1.40. The lowest BCUT2D eigenvalue weighted by atomic mass is 9.97. The maximum Gasteiger partial charge on any atom is 0.234 e. The van der Waals surface area contributed by atoms with Crippen LogP contribution in [-0.4, -0.2) is 79.5 Å². The van der Waals surface area contributed by atoms with E-state index in [0.717, 1.165) is 13.1 Å². The standard InChI is InChI=1S/C21H30FN3O5/c22-16-3-1-2-15(10-16)12-23-20(27)11-17-4-5-18(19(14-26)30-17)24-21(28)13-25-6-8-29-9-7-25/h1-3,10,17-19,26H,4-9,11-14H2,(H,23,27)(H,24,28)/t17-,18+,19-/m0/s1. The molecular weight excluding hydrogens is 393 g/mol. The number of ether oxygens (including phenoxy) is 2. The van der Waals surface area contributed by atoms with Crippen LogP contribution in [0.4, 0.5) is 4.39 Å². The van der Waals surface area contributed by atoms with Crippen LogP contribution in [0.25, 0.3) is 0 Å². The van der Waals surface area contributed by atoms with Crippen LogP contribution >= 0.6 is 0 Å². The topological polar surface area (TPSA) is 100 Å². The highest BCUT2D eigenvalue weighted by Gasteiger charge is 2.33. The molecule has 3 rings (SSSR count). The van der Waals surface area contributed by atoms with Gasteiger partial charge >= 0.3 is 0 Å². The van der Waals surface area contributed by atoms with E-state index in [0.29, 0.717) is 38.2 Å². The lowest BCUT2D eigenvalue weighted by Gasteiger charge is -2.36. The molecule has 0 aromatic heterocycles. The highest BCUT2D eigenvalue weighted by Crippen LogP contribution is 2.22. The number of hydrogen-bond acceptors (Lipinski definition) is 6. The largest absolute Gasteiger partial charge is 0.394 e. The van der Waals surface area contributed by atoms with Crippen LogP contribution < -0.4 is 10.6 Å². The van der Waals surface area contributed by atoms with E-state index in [1.165, 1.54) is 12.1 Å². The number of aliphatic hydroxyl groups is 1. The zero-order valence-corrected chi connectivity index (χ0v) is 17.0. The molecule has 2 amide bonds. The van der Waals surface area contributed by atoms with Gasteiger partial charge in [-0.3, -0.25) is 14.5 Å². The number of carbonyl (C=O) groups excluding carboxylic acids is 2. The van der Waals surface area contributed by atoms with Crippen molar-refractivity contribution < 1.29 is 28.6 Å². The van der Waals surface area contributed by atoms with E-state index in [-0.39, 0.29) is 49.3 Å². The van der Waals surface area contributed by atoms with Crippen molar-refractivity contribution in [1.82, 2.24) is 15.5 Å². The predicted octanol–water partition coefficient (Wildman–Crippen LogP) is 0.189. The van der Waals surface area contributed by atoms with Crippen molar-refractivity contribution in [3.05, 3.63) is 35.6 Å². The highest BCUT2D eigenvalue weighted by atomic mass is 19.1. The van der Waals surface area contributed by atoms with Crippen molar-refractivity contribution in [2.24, 2.45) is 0 Å². The van der Waals surface area contributed by atoms with E-state index in [2.05, 4.69) is 10.6 Å². The minimum absolute atomic E-state index is 0.102. The van der Waals surface area contributed by atoms with Crippen molar-refractivity contribution in [3.63, 3.8) is 0 Å². The van der Waals surface area contributed by atoms with Crippen molar-refractivity contribution in [2.45, 2.75) is 44.1 Å². The summed E-state index contributed by atoms with van der Waals surface area (Å²) in [5.41, 5.74) is 0.684. The minimum atomic E-state index is -0.548. The predicted molar refractivity (Wildman–Crippen MR) is 107 cm³/mol. The van der Waals surface area contributed by atoms with Crippen LogP contribution in [0, 0.1) is 5.82 Å². The van der Waals surface area contributed by atoms with Crippen LogP contribution in [0.2, 0.25) is 0 Å². The first-order valence-corrected chi connectivity index (χ1v) is 10.4. The zero-order valence-electron chi connectivity index (χ0n) is 17.0. The SMILES string of the molecule is O=C(C[C@@H]1CC[C@@H](NC(=O)CN2CCOCC2)[C@H](CO)O1)NCc1cccc(F)c1. The molecule has 0 spiro atoms.